The molecule has 2 heterocycles. The maximum atomic E-state index is 12.6. The first-order chi connectivity index (χ1) is 15.6. The van der Waals surface area contributed by atoms with Gasteiger partial charge in [-0.3, -0.25) is 19.5 Å². The van der Waals surface area contributed by atoms with Gasteiger partial charge >= 0.3 is 0 Å². The Kier molecular flexibility index (Phi) is 7.76. The number of piperidine rings is 1. The van der Waals surface area contributed by atoms with Crippen molar-refractivity contribution in [2.24, 2.45) is 5.92 Å². The van der Waals surface area contributed by atoms with E-state index in [1.807, 2.05) is 18.2 Å². The van der Waals surface area contributed by atoms with Crippen LogP contribution in [0.15, 0.2) is 42.6 Å². The minimum Gasteiger partial charge on any atom is -0.353 e. The summed E-state index contributed by atoms with van der Waals surface area (Å²) in [5, 5.41) is 6.66. The number of pyridine rings is 1. The third-order valence-corrected chi connectivity index (χ3v) is 6.69. The molecule has 0 unspecified atom stereocenters. The molecule has 2 fully saturated rings. The van der Waals surface area contributed by atoms with Crippen molar-refractivity contribution in [2.45, 2.75) is 57.5 Å². The van der Waals surface area contributed by atoms with Crippen LogP contribution in [-0.4, -0.2) is 40.8 Å². The molecule has 1 aromatic carbocycles. The summed E-state index contributed by atoms with van der Waals surface area (Å²) in [6.07, 6.45) is 9.34. The summed E-state index contributed by atoms with van der Waals surface area (Å²) in [5.41, 5.74) is 2.15. The van der Waals surface area contributed by atoms with Gasteiger partial charge in [0.2, 0.25) is 5.91 Å². The first-order valence-corrected chi connectivity index (χ1v) is 12.0. The topological polar surface area (TPSA) is 74.3 Å². The second-order valence-electron chi connectivity index (χ2n) is 8.91. The molecule has 2 amide bonds. The van der Waals surface area contributed by atoms with Crippen LogP contribution < -0.4 is 10.6 Å². The summed E-state index contributed by atoms with van der Waals surface area (Å²) in [6.45, 7) is 2.62. The van der Waals surface area contributed by atoms with Crippen LogP contribution in [-0.2, 0) is 11.3 Å². The lowest BCUT2D eigenvalue weighted by Gasteiger charge is -2.32. The molecule has 6 nitrogen and oxygen atoms in total. The largest absolute Gasteiger partial charge is 0.353 e. The highest BCUT2D eigenvalue weighted by Crippen LogP contribution is 2.23. The van der Waals surface area contributed by atoms with Gasteiger partial charge in [0.05, 0.1) is 0 Å². The van der Waals surface area contributed by atoms with Gasteiger partial charge in [0, 0.05) is 35.4 Å². The summed E-state index contributed by atoms with van der Waals surface area (Å²) in [7, 11) is 0. The van der Waals surface area contributed by atoms with E-state index in [0.29, 0.717) is 11.1 Å². The zero-order valence-electron chi connectivity index (χ0n) is 18.4. The van der Waals surface area contributed by atoms with Crippen LogP contribution in [0.1, 0.15) is 61.0 Å². The molecule has 170 valence electrons. The fraction of sp³-hybridized carbons (Fsp3) is 0.480. The second-order valence-corrected chi connectivity index (χ2v) is 9.34. The molecule has 0 bridgehead atoms. The van der Waals surface area contributed by atoms with E-state index >= 15 is 0 Å². The third kappa shape index (κ3) is 6.30. The predicted molar refractivity (Wildman–Crippen MR) is 127 cm³/mol. The number of carbonyl (C=O) groups excluding carboxylic acids is 2. The number of likely N-dealkylation sites (tertiary alicyclic amines) is 1. The van der Waals surface area contributed by atoms with E-state index in [0.717, 1.165) is 56.6 Å². The van der Waals surface area contributed by atoms with E-state index in [-0.39, 0.29) is 23.4 Å². The molecule has 4 rings (SSSR count). The van der Waals surface area contributed by atoms with Crippen LogP contribution in [0.2, 0.25) is 5.02 Å². The summed E-state index contributed by atoms with van der Waals surface area (Å²) in [6, 6.07) is 11.4. The molecule has 1 saturated heterocycles. The number of anilines is 1. The molecular weight excluding hydrogens is 424 g/mol. The Morgan fingerprint density at radius 3 is 2.56 bits per heavy atom. The number of halogens is 1. The molecule has 32 heavy (non-hydrogen) atoms. The summed E-state index contributed by atoms with van der Waals surface area (Å²) in [5.74, 6) is 0.0920. The van der Waals surface area contributed by atoms with Crippen LogP contribution in [0.3, 0.4) is 0 Å². The second kappa shape index (κ2) is 10.9. The van der Waals surface area contributed by atoms with Gasteiger partial charge in [-0.05, 0) is 68.6 Å². The fourth-order valence-corrected chi connectivity index (χ4v) is 4.81. The van der Waals surface area contributed by atoms with Crippen LogP contribution in [0.5, 0.6) is 0 Å². The molecule has 1 aromatic heterocycles. The van der Waals surface area contributed by atoms with Crippen molar-refractivity contribution in [3.63, 3.8) is 0 Å². The van der Waals surface area contributed by atoms with Gasteiger partial charge in [-0.2, -0.15) is 0 Å². The molecule has 1 saturated carbocycles. The number of nitrogens with zero attached hydrogens (tertiary/aromatic N) is 2. The molecule has 1 aliphatic heterocycles. The Morgan fingerprint density at radius 1 is 1.03 bits per heavy atom. The highest BCUT2D eigenvalue weighted by molar-refractivity contribution is 6.30. The van der Waals surface area contributed by atoms with E-state index < -0.39 is 0 Å². The first kappa shape index (κ1) is 22.7. The van der Waals surface area contributed by atoms with E-state index in [2.05, 4.69) is 26.6 Å². The zero-order valence-corrected chi connectivity index (χ0v) is 19.1. The highest BCUT2D eigenvalue weighted by atomic mass is 35.5. The number of rotatable bonds is 6. The Morgan fingerprint density at radius 2 is 1.81 bits per heavy atom. The molecule has 2 aliphatic rings. The van der Waals surface area contributed by atoms with E-state index in [9.17, 15) is 9.59 Å². The van der Waals surface area contributed by atoms with Crippen molar-refractivity contribution in [3.8, 4) is 0 Å². The average molecular weight is 455 g/mol. The summed E-state index contributed by atoms with van der Waals surface area (Å²) in [4.78, 5) is 31.5. The van der Waals surface area contributed by atoms with Gasteiger partial charge in [0.15, 0.2) is 0 Å². The fourth-order valence-electron chi connectivity index (χ4n) is 4.65. The lowest BCUT2D eigenvalue weighted by Crippen LogP contribution is -2.44. The maximum absolute atomic E-state index is 12.6. The van der Waals surface area contributed by atoms with Crippen molar-refractivity contribution in [1.29, 1.82) is 0 Å². The van der Waals surface area contributed by atoms with E-state index in [1.165, 1.54) is 25.5 Å². The molecular formula is C25H31ClN4O2. The van der Waals surface area contributed by atoms with Crippen molar-refractivity contribution < 1.29 is 9.59 Å². The predicted octanol–water partition coefficient (Wildman–Crippen LogP) is 4.65. The lowest BCUT2D eigenvalue weighted by molar-refractivity contribution is -0.127. The lowest BCUT2D eigenvalue weighted by atomic mass is 9.92. The maximum Gasteiger partial charge on any atom is 0.274 e. The van der Waals surface area contributed by atoms with E-state index in [4.69, 9.17) is 11.6 Å². The normalized spacial score (nSPS) is 18.3. The molecule has 7 heteroatoms. The van der Waals surface area contributed by atoms with Crippen molar-refractivity contribution >= 4 is 29.1 Å². The third-order valence-electron chi connectivity index (χ3n) is 6.46. The quantitative estimate of drug-likeness (QED) is 0.666. The van der Waals surface area contributed by atoms with Crippen LogP contribution in [0, 0.1) is 5.92 Å². The van der Waals surface area contributed by atoms with Crippen molar-refractivity contribution in [2.75, 3.05) is 18.4 Å². The Hall–Kier alpha value is -2.44. The smallest absolute Gasteiger partial charge is 0.274 e. The molecule has 2 N–H and O–H groups in total. The number of hydrogen-bond acceptors (Lipinski definition) is 4. The molecule has 2 aromatic rings. The van der Waals surface area contributed by atoms with Crippen LogP contribution in [0.4, 0.5) is 5.69 Å². The van der Waals surface area contributed by atoms with Crippen LogP contribution in [0.25, 0.3) is 0 Å². The Labute approximate surface area is 194 Å². The SMILES string of the molecule is O=C(Nc1cccc(CN2CCC(C(=O)NC3CCCCC3)CC2)c1)c1cc(Cl)ccn1. The average Bonchev–Trinajstić information content (AvgIpc) is 2.80. The van der Waals surface area contributed by atoms with Gasteiger partial charge in [0.25, 0.3) is 5.91 Å². The van der Waals surface area contributed by atoms with Gasteiger partial charge in [-0.25, -0.2) is 0 Å². The number of benzene rings is 1. The monoisotopic (exact) mass is 454 g/mol. The number of nitrogens with one attached hydrogen (secondary N) is 2. The number of hydrogen-bond donors (Lipinski definition) is 2. The molecule has 0 spiro atoms. The minimum absolute atomic E-state index is 0.129. The van der Waals surface area contributed by atoms with Gasteiger partial charge in [0.1, 0.15) is 5.69 Å². The Bertz CT molecular complexity index is 937. The highest BCUT2D eigenvalue weighted by Gasteiger charge is 2.27. The Balaban J connectivity index is 1.26. The number of aromatic nitrogens is 1. The van der Waals surface area contributed by atoms with Gasteiger partial charge < -0.3 is 10.6 Å². The van der Waals surface area contributed by atoms with Gasteiger partial charge in [-0.1, -0.05) is 43.0 Å². The van der Waals surface area contributed by atoms with Crippen molar-refractivity contribution in [3.05, 3.63) is 58.9 Å². The van der Waals surface area contributed by atoms with E-state index in [1.54, 1.807) is 12.1 Å². The zero-order chi connectivity index (χ0) is 22.3. The summed E-state index contributed by atoms with van der Waals surface area (Å²) >= 11 is 5.95. The molecule has 1 aliphatic carbocycles. The number of carbonyl (C=O) groups is 2. The first-order valence-electron chi connectivity index (χ1n) is 11.6. The van der Waals surface area contributed by atoms with Crippen LogP contribution >= 0.6 is 11.6 Å². The van der Waals surface area contributed by atoms with Gasteiger partial charge in [-0.15, -0.1) is 0 Å². The van der Waals surface area contributed by atoms with Crippen molar-refractivity contribution in [1.82, 2.24) is 15.2 Å². The minimum atomic E-state index is -0.283. The standard InChI is InChI=1S/C25H31ClN4O2/c26-20-9-12-27-23(16-20)25(32)29-22-8-4-5-18(15-22)17-30-13-10-19(11-14-30)24(31)28-21-6-2-1-3-7-21/h4-5,8-9,12,15-16,19,21H,1-3,6-7,10-11,13-14,17H2,(H,28,31)(H,29,32). The molecule has 0 radical (unpaired) electrons. The number of amides is 2. The molecule has 0 atom stereocenters. The summed E-state index contributed by atoms with van der Waals surface area (Å²) < 4.78 is 0.